The molecule has 1 amide bonds. The van der Waals surface area contributed by atoms with E-state index in [9.17, 15) is 4.79 Å². The zero-order valence-electron chi connectivity index (χ0n) is 12.0. The van der Waals surface area contributed by atoms with Gasteiger partial charge in [-0.2, -0.15) is 0 Å². The Bertz CT molecular complexity index is 579. The minimum atomic E-state index is 0.0745. The SMILES string of the molecule is CCCCC(=O)Nc1ccc(Nc2ccc(Br)cc2)cc1. The Kier molecular flexibility index (Phi) is 5.81. The fourth-order valence-corrected chi connectivity index (χ4v) is 2.16. The van der Waals surface area contributed by atoms with Gasteiger partial charge in [-0.25, -0.2) is 0 Å². The number of nitrogens with one attached hydrogen (secondary N) is 2. The van der Waals surface area contributed by atoms with E-state index in [2.05, 4.69) is 33.5 Å². The highest BCUT2D eigenvalue weighted by Gasteiger charge is 2.01. The van der Waals surface area contributed by atoms with Crippen LogP contribution in [0.4, 0.5) is 17.1 Å². The largest absolute Gasteiger partial charge is 0.356 e. The number of carbonyl (C=O) groups is 1. The van der Waals surface area contributed by atoms with E-state index in [0.717, 1.165) is 34.4 Å². The van der Waals surface area contributed by atoms with Crippen molar-refractivity contribution in [3.63, 3.8) is 0 Å². The van der Waals surface area contributed by atoms with Crippen LogP contribution < -0.4 is 10.6 Å². The summed E-state index contributed by atoms with van der Waals surface area (Å²) in [7, 11) is 0. The van der Waals surface area contributed by atoms with Crippen molar-refractivity contribution in [3.8, 4) is 0 Å². The number of hydrogen-bond donors (Lipinski definition) is 2. The van der Waals surface area contributed by atoms with Gasteiger partial charge in [0.15, 0.2) is 0 Å². The van der Waals surface area contributed by atoms with Crippen LogP contribution in [0.2, 0.25) is 0 Å². The topological polar surface area (TPSA) is 41.1 Å². The Balaban J connectivity index is 1.92. The fraction of sp³-hybridized carbons (Fsp3) is 0.235. The molecule has 2 aromatic rings. The molecule has 0 unspecified atom stereocenters. The van der Waals surface area contributed by atoms with Crippen LogP contribution in [-0.2, 0) is 4.79 Å². The minimum Gasteiger partial charge on any atom is -0.356 e. The number of amides is 1. The van der Waals surface area contributed by atoms with E-state index in [1.165, 1.54) is 0 Å². The molecule has 3 nitrogen and oxygen atoms in total. The first kappa shape index (κ1) is 15.6. The van der Waals surface area contributed by atoms with Crippen molar-refractivity contribution >= 4 is 38.9 Å². The molecule has 0 aromatic heterocycles. The molecule has 0 saturated carbocycles. The predicted molar refractivity (Wildman–Crippen MR) is 92.0 cm³/mol. The number of hydrogen-bond acceptors (Lipinski definition) is 2. The lowest BCUT2D eigenvalue weighted by Crippen LogP contribution is -2.10. The van der Waals surface area contributed by atoms with Crippen LogP contribution in [0.1, 0.15) is 26.2 Å². The van der Waals surface area contributed by atoms with Crippen LogP contribution in [0.15, 0.2) is 53.0 Å². The number of carbonyl (C=O) groups excluding carboxylic acids is 1. The summed E-state index contributed by atoms with van der Waals surface area (Å²) in [6.45, 7) is 2.08. The molecule has 2 rings (SSSR count). The van der Waals surface area contributed by atoms with Crippen LogP contribution >= 0.6 is 15.9 Å². The third-order valence-electron chi connectivity index (χ3n) is 3.06. The Hall–Kier alpha value is -1.81. The highest BCUT2D eigenvalue weighted by Crippen LogP contribution is 2.21. The van der Waals surface area contributed by atoms with Gasteiger partial charge in [-0.3, -0.25) is 4.79 Å². The molecule has 0 heterocycles. The highest BCUT2D eigenvalue weighted by atomic mass is 79.9. The molecule has 0 spiro atoms. The molecule has 0 bridgehead atoms. The van der Waals surface area contributed by atoms with Gasteiger partial charge in [-0.05, 0) is 55.0 Å². The summed E-state index contributed by atoms with van der Waals surface area (Å²) in [4.78, 5) is 11.6. The van der Waals surface area contributed by atoms with E-state index in [4.69, 9.17) is 0 Å². The normalized spacial score (nSPS) is 10.2. The summed E-state index contributed by atoms with van der Waals surface area (Å²) in [5.74, 6) is 0.0745. The summed E-state index contributed by atoms with van der Waals surface area (Å²) < 4.78 is 1.05. The van der Waals surface area contributed by atoms with Crippen molar-refractivity contribution < 1.29 is 4.79 Å². The molecule has 0 aliphatic rings. The molecule has 4 heteroatoms. The average molecular weight is 347 g/mol. The fourth-order valence-electron chi connectivity index (χ4n) is 1.90. The third kappa shape index (κ3) is 5.23. The first-order valence-electron chi connectivity index (χ1n) is 7.10. The molecule has 0 saturated heterocycles. The van der Waals surface area contributed by atoms with Crippen molar-refractivity contribution in [3.05, 3.63) is 53.0 Å². The second-order valence-corrected chi connectivity index (χ2v) is 5.78. The lowest BCUT2D eigenvalue weighted by Gasteiger charge is -2.09. The molecule has 0 fully saturated rings. The van der Waals surface area contributed by atoms with Gasteiger partial charge in [0, 0.05) is 28.0 Å². The highest BCUT2D eigenvalue weighted by molar-refractivity contribution is 9.10. The molecule has 0 radical (unpaired) electrons. The monoisotopic (exact) mass is 346 g/mol. The Morgan fingerprint density at radius 2 is 1.48 bits per heavy atom. The molecule has 21 heavy (non-hydrogen) atoms. The quantitative estimate of drug-likeness (QED) is 0.742. The van der Waals surface area contributed by atoms with Crippen LogP contribution in [-0.4, -0.2) is 5.91 Å². The lowest BCUT2D eigenvalue weighted by atomic mass is 10.2. The van der Waals surface area contributed by atoms with Crippen LogP contribution in [0.3, 0.4) is 0 Å². The Morgan fingerprint density at radius 1 is 0.952 bits per heavy atom. The molecule has 0 atom stereocenters. The smallest absolute Gasteiger partial charge is 0.224 e. The van der Waals surface area contributed by atoms with Crippen molar-refractivity contribution in [2.45, 2.75) is 26.2 Å². The molecule has 0 aliphatic heterocycles. The third-order valence-corrected chi connectivity index (χ3v) is 3.59. The summed E-state index contributed by atoms with van der Waals surface area (Å²) in [6, 6.07) is 15.7. The number of unbranched alkanes of at least 4 members (excludes halogenated alkanes) is 1. The van der Waals surface area contributed by atoms with E-state index >= 15 is 0 Å². The van der Waals surface area contributed by atoms with Crippen LogP contribution in [0.5, 0.6) is 0 Å². The number of anilines is 3. The zero-order chi connectivity index (χ0) is 15.1. The molecule has 2 aromatic carbocycles. The van der Waals surface area contributed by atoms with Gasteiger partial charge >= 0.3 is 0 Å². The predicted octanol–water partition coefficient (Wildman–Crippen LogP) is 5.32. The molecule has 2 N–H and O–H groups in total. The minimum absolute atomic E-state index is 0.0745. The molecule has 0 aliphatic carbocycles. The Morgan fingerprint density at radius 3 is 2.05 bits per heavy atom. The van der Waals surface area contributed by atoms with Gasteiger partial charge in [0.1, 0.15) is 0 Å². The molecular formula is C17H19BrN2O. The second-order valence-electron chi connectivity index (χ2n) is 4.86. The van der Waals surface area contributed by atoms with Crippen molar-refractivity contribution in [1.82, 2.24) is 0 Å². The van der Waals surface area contributed by atoms with E-state index < -0.39 is 0 Å². The Labute approximate surface area is 133 Å². The van der Waals surface area contributed by atoms with Crippen LogP contribution in [0.25, 0.3) is 0 Å². The summed E-state index contributed by atoms with van der Waals surface area (Å²) >= 11 is 3.41. The first-order chi connectivity index (χ1) is 10.2. The summed E-state index contributed by atoms with van der Waals surface area (Å²) in [5, 5.41) is 6.21. The standard InChI is InChI=1S/C17H19BrN2O/c1-2-3-4-17(21)20-16-11-9-15(10-12-16)19-14-7-5-13(18)6-8-14/h5-12,19H,2-4H2,1H3,(H,20,21). The lowest BCUT2D eigenvalue weighted by molar-refractivity contribution is -0.116. The van der Waals surface area contributed by atoms with Gasteiger partial charge in [0.05, 0.1) is 0 Å². The van der Waals surface area contributed by atoms with E-state index in [1.54, 1.807) is 0 Å². The maximum absolute atomic E-state index is 11.6. The maximum atomic E-state index is 11.6. The second kappa shape index (κ2) is 7.84. The number of rotatable bonds is 6. The van der Waals surface area contributed by atoms with Gasteiger partial charge < -0.3 is 10.6 Å². The van der Waals surface area contributed by atoms with E-state index in [-0.39, 0.29) is 5.91 Å². The maximum Gasteiger partial charge on any atom is 0.224 e. The number of benzene rings is 2. The van der Waals surface area contributed by atoms with Crippen molar-refractivity contribution in [2.24, 2.45) is 0 Å². The van der Waals surface area contributed by atoms with Crippen molar-refractivity contribution in [1.29, 1.82) is 0 Å². The number of halogens is 1. The average Bonchev–Trinajstić information content (AvgIpc) is 2.49. The van der Waals surface area contributed by atoms with Gasteiger partial charge in [-0.15, -0.1) is 0 Å². The van der Waals surface area contributed by atoms with Gasteiger partial charge in [0.2, 0.25) is 5.91 Å². The molecular weight excluding hydrogens is 328 g/mol. The summed E-state index contributed by atoms with van der Waals surface area (Å²) in [6.07, 6.45) is 2.54. The van der Waals surface area contributed by atoms with Gasteiger partial charge in [-0.1, -0.05) is 29.3 Å². The first-order valence-corrected chi connectivity index (χ1v) is 7.89. The summed E-state index contributed by atoms with van der Waals surface area (Å²) in [5.41, 5.74) is 2.85. The van der Waals surface area contributed by atoms with E-state index in [0.29, 0.717) is 6.42 Å². The van der Waals surface area contributed by atoms with Crippen molar-refractivity contribution in [2.75, 3.05) is 10.6 Å². The zero-order valence-corrected chi connectivity index (χ0v) is 13.6. The van der Waals surface area contributed by atoms with Crippen LogP contribution in [0, 0.1) is 0 Å². The molecule has 110 valence electrons. The van der Waals surface area contributed by atoms with Gasteiger partial charge in [0.25, 0.3) is 0 Å². The van der Waals surface area contributed by atoms with E-state index in [1.807, 2.05) is 48.5 Å².